The molecule has 1 aliphatic rings. The van der Waals surface area contributed by atoms with Crippen molar-refractivity contribution in [2.75, 3.05) is 18.6 Å². The fourth-order valence-electron chi connectivity index (χ4n) is 3.74. The lowest BCUT2D eigenvalue weighted by atomic mass is 9.99. The lowest BCUT2D eigenvalue weighted by molar-refractivity contribution is -0.132. The van der Waals surface area contributed by atoms with E-state index in [-0.39, 0.29) is 11.3 Å². The van der Waals surface area contributed by atoms with Gasteiger partial charge in [0.25, 0.3) is 11.7 Å². The minimum absolute atomic E-state index is 0.0377. The van der Waals surface area contributed by atoms with Crippen LogP contribution in [0.15, 0.2) is 70.7 Å². The Balaban J connectivity index is 1.85. The largest absolute Gasteiger partial charge is 0.507 e. The number of amides is 1. The SMILES string of the molecule is CCOc1ccc(/C(O)=C2/C(=O)C(=O)N(c3ccc(OC)cc3)C2c2ccc(C)o2)cc1. The van der Waals surface area contributed by atoms with E-state index in [1.54, 1.807) is 74.7 Å². The molecule has 1 saturated heterocycles. The minimum atomic E-state index is -0.913. The van der Waals surface area contributed by atoms with E-state index in [1.807, 2.05) is 6.92 Å². The normalized spacial score (nSPS) is 17.6. The number of methoxy groups -OCH3 is 1. The highest BCUT2D eigenvalue weighted by Crippen LogP contribution is 2.43. The summed E-state index contributed by atoms with van der Waals surface area (Å²) in [4.78, 5) is 27.5. The highest BCUT2D eigenvalue weighted by Gasteiger charge is 2.48. The third kappa shape index (κ3) is 3.73. The number of anilines is 1. The number of carbonyl (C=O) groups is 2. The molecule has 0 saturated carbocycles. The zero-order valence-corrected chi connectivity index (χ0v) is 18.0. The zero-order chi connectivity index (χ0) is 22.8. The number of rotatable bonds is 6. The first kappa shape index (κ1) is 21.2. The molecule has 1 amide bonds. The second-order valence-corrected chi connectivity index (χ2v) is 7.27. The second kappa shape index (κ2) is 8.63. The number of ether oxygens (including phenoxy) is 2. The van der Waals surface area contributed by atoms with Crippen molar-refractivity contribution in [3.63, 3.8) is 0 Å². The smallest absolute Gasteiger partial charge is 0.300 e. The van der Waals surface area contributed by atoms with Gasteiger partial charge in [0.15, 0.2) is 0 Å². The molecular weight excluding hydrogens is 410 g/mol. The van der Waals surface area contributed by atoms with Gasteiger partial charge in [-0.1, -0.05) is 0 Å². The Morgan fingerprint density at radius 1 is 1.00 bits per heavy atom. The summed E-state index contributed by atoms with van der Waals surface area (Å²) in [5.74, 6) is 0.451. The molecule has 4 rings (SSSR count). The molecule has 1 aromatic heterocycles. The maximum atomic E-state index is 13.1. The number of ketones is 1. The van der Waals surface area contributed by atoms with Crippen molar-refractivity contribution in [1.82, 2.24) is 0 Å². The summed E-state index contributed by atoms with van der Waals surface area (Å²) < 4.78 is 16.4. The van der Waals surface area contributed by atoms with Gasteiger partial charge in [-0.05, 0) is 74.5 Å². The van der Waals surface area contributed by atoms with Crippen LogP contribution in [0.4, 0.5) is 5.69 Å². The number of furan rings is 1. The zero-order valence-electron chi connectivity index (χ0n) is 18.0. The van der Waals surface area contributed by atoms with E-state index in [9.17, 15) is 14.7 Å². The van der Waals surface area contributed by atoms with Crippen LogP contribution in [-0.4, -0.2) is 30.5 Å². The Morgan fingerprint density at radius 3 is 2.22 bits per heavy atom. The van der Waals surface area contributed by atoms with Gasteiger partial charge in [-0.15, -0.1) is 0 Å². The summed E-state index contributed by atoms with van der Waals surface area (Å²) >= 11 is 0. The predicted octanol–water partition coefficient (Wildman–Crippen LogP) is 4.62. The van der Waals surface area contributed by atoms with Gasteiger partial charge in [-0.2, -0.15) is 0 Å². The molecule has 1 aliphatic heterocycles. The van der Waals surface area contributed by atoms with Crippen molar-refractivity contribution in [3.05, 3.63) is 83.3 Å². The van der Waals surface area contributed by atoms with Gasteiger partial charge in [-0.3, -0.25) is 14.5 Å². The third-order valence-electron chi connectivity index (χ3n) is 5.26. The summed E-state index contributed by atoms with van der Waals surface area (Å²) in [7, 11) is 1.55. The maximum absolute atomic E-state index is 13.1. The molecule has 0 radical (unpaired) electrons. The molecule has 1 atom stereocenters. The third-order valence-corrected chi connectivity index (χ3v) is 5.26. The number of hydrogen-bond acceptors (Lipinski definition) is 6. The van der Waals surface area contributed by atoms with E-state index >= 15 is 0 Å². The Morgan fingerprint density at radius 2 is 1.66 bits per heavy atom. The highest BCUT2D eigenvalue weighted by molar-refractivity contribution is 6.51. The first-order chi connectivity index (χ1) is 15.4. The van der Waals surface area contributed by atoms with Gasteiger partial charge >= 0.3 is 0 Å². The van der Waals surface area contributed by atoms with E-state index in [4.69, 9.17) is 13.9 Å². The van der Waals surface area contributed by atoms with Crippen LogP contribution in [0.1, 0.15) is 30.0 Å². The molecule has 7 nitrogen and oxygen atoms in total. The van der Waals surface area contributed by atoms with Crippen molar-refractivity contribution in [2.24, 2.45) is 0 Å². The number of nitrogens with zero attached hydrogens (tertiary/aromatic N) is 1. The van der Waals surface area contributed by atoms with E-state index < -0.39 is 17.7 Å². The Kier molecular flexibility index (Phi) is 5.73. The summed E-state index contributed by atoms with van der Waals surface area (Å²) in [5, 5.41) is 11.1. The van der Waals surface area contributed by atoms with Crippen molar-refractivity contribution < 1.29 is 28.6 Å². The highest BCUT2D eigenvalue weighted by atomic mass is 16.5. The van der Waals surface area contributed by atoms with Crippen molar-refractivity contribution in [2.45, 2.75) is 19.9 Å². The molecule has 0 spiro atoms. The number of hydrogen-bond donors (Lipinski definition) is 1. The van der Waals surface area contributed by atoms with Gasteiger partial charge in [0.1, 0.15) is 34.8 Å². The van der Waals surface area contributed by atoms with E-state index in [0.717, 1.165) is 0 Å². The lowest BCUT2D eigenvalue weighted by Gasteiger charge is -2.23. The maximum Gasteiger partial charge on any atom is 0.300 e. The average molecular weight is 433 g/mol. The molecule has 32 heavy (non-hydrogen) atoms. The van der Waals surface area contributed by atoms with Crippen LogP contribution in [0, 0.1) is 6.92 Å². The predicted molar refractivity (Wildman–Crippen MR) is 119 cm³/mol. The number of carbonyl (C=O) groups excluding carboxylic acids is 2. The minimum Gasteiger partial charge on any atom is -0.507 e. The fourth-order valence-corrected chi connectivity index (χ4v) is 3.74. The van der Waals surface area contributed by atoms with Crippen molar-refractivity contribution >= 4 is 23.1 Å². The van der Waals surface area contributed by atoms with Gasteiger partial charge in [0.05, 0.1) is 19.3 Å². The number of benzene rings is 2. The van der Waals surface area contributed by atoms with E-state index in [2.05, 4.69) is 0 Å². The lowest BCUT2D eigenvalue weighted by Crippen LogP contribution is -2.29. The summed E-state index contributed by atoms with van der Waals surface area (Å²) in [5.41, 5.74) is 0.844. The fraction of sp³-hybridized carbons (Fsp3) is 0.200. The topological polar surface area (TPSA) is 89.2 Å². The molecule has 1 fully saturated rings. The van der Waals surface area contributed by atoms with Crippen LogP contribution in [-0.2, 0) is 9.59 Å². The Bertz CT molecular complexity index is 1170. The standard InChI is InChI=1S/C25H23NO6/c1-4-31-19-10-6-16(7-11-19)23(27)21-22(20-14-5-15(2)32-20)26(25(29)24(21)28)17-8-12-18(30-3)13-9-17/h5-14,22,27H,4H2,1-3H3/b23-21-. The van der Waals surface area contributed by atoms with Gasteiger partial charge in [0, 0.05) is 11.3 Å². The van der Waals surface area contributed by atoms with E-state index in [1.165, 1.54) is 4.90 Å². The second-order valence-electron chi connectivity index (χ2n) is 7.27. The van der Waals surface area contributed by atoms with E-state index in [0.29, 0.717) is 40.9 Å². The molecule has 1 unspecified atom stereocenters. The van der Waals surface area contributed by atoms with Gasteiger partial charge < -0.3 is 19.0 Å². The molecular formula is C25H23NO6. The van der Waals surface area contributed by atoms with Gasteiger partial charge in [-0.25, -0.2) is 0 Å². The van der Waals surface area contributed by atoms with Crippen molar-refractivity contribution in [3.8, 4) is 11.5 Å². The van der Waals surface area contributed by atoms with Crippen molar-refractivity contribution in [1.29, 1.82) is 0 Å². The monoisotopic (exact) mass is 433 g/mol. The molecule has 164 valence electrons. The quantitative estimate of drug-likeness (QED) is 0.347. The molecule has 0 bridgehead atoms. The number of aliphatic hydroxyl groups is 1. The molecule has 0 aliphatic carbocycles. The Labute approximate surface area is 185 Å². The van der Waals surface area contributed by atoms with Gasteiger partial charge in [0.2, 0.25) is 0 Å². The van der Waals surface area contributed by atoms with Crippen LogP contribution >= 0.6 is 0 Å². The van der Waals surface area contributed by atoms with Crippen LogP contribution < -0.4 is 14.4 Å². The molecule has 2 aromatic carbocycles. The number of Topliss-reactive ketones (excluding diaryl/α,β-unsaturated/α-hetero) is 1. The Hall–Kier alpha value is -4.00. The summed E-state index contributed by atoms with van der Waals surface area (Å²) in [6.45, 7) is 4.16. The summed E-state index contributed by atoms with van der Waals surface area (Å²) in [6, 6.07) is 16.0. The number of aliphatic hydroxyl groups excluding tert-OH is 1. The molecule has 1 N–H and O–H groups in total. The first-order valence-electron chi connectivity index (χ1n) is 10.2. The molecule has 7 heteroatoms. The average Bonchev–Trinajstić information content (AvgIpc) is 3.35. The summed E-state index contributed by atoms with van der Waals surface area (Å²) in [6.07, 6.45) is 0. The van der Waals surface area contributed by atoms with Crippen LogP contribution in [0.25, 0.3) is 5.76 Å². The van der Waals surface area contributed by atoms with Crippen LogP contribution in [0.3, 0.4) is 0 Å². The van der Waals surface area contributed by atoms with Crippen LogP contribution in [0.5, 0.6) is 11.5 Å². The first-order valence-corrected chi connectivity index (χ1v) is 10.2. The molecule has 3 aromatic rings. The van der Waals surface area contributed by atoms with Crippen LogP contribution in [0.2, 0.25) is 0 Å². The number of aryl methyl sites for hydroxylation is 1. The molecule has 2 heterocycles.